The minimum Gasteiger partial charge on any atom is -0.550 e. The standard InChI is InChI=1S/C23H33N3O3/c27-22(28)16-19-9-11-26(23(29)18-6-7-18)17-20(19)8-10-24-12-14-25(15-13-24)21-4-2-1-3-5-21/h1-5,18-20H,6-17H2,(H,27,28)/t19-,20-/m0/s1. The summed E-state index contributed by atoms with van der Waals surface area (Å²) >= 11 is 0. The largest absolute Gasteiger partial charge is 0.550 e. The summed E-state index contributed by atoms with van der Waals surface area (Å²) in [4.78, 5) is 29.8. The van der Waals surface area contributed by atoms with Crippen LogP contribution in [-0.4, -0.2) is 62.6 Å². The molecule has 158 valence electrons. The lowest BCUT2D eigenvalue weighted by molar-refractivity contribution is -0.901. The normalized spacial score (nSPS) is 25.8. The molecule has 1 aromatic rings. The lowest BCUT2D eigenvalue weighted by Gasteiger charge is -2.40. The van der Waals surface area contributed by atoms with Crippen LogP contribution in [-0.2, 0) is 9.59 Å². The summed E-state index contributed by atoms with van der Waals surface area (Å²) in [6.07, 6.45) is 3.98. The van der Waals surface area contributed by atoms with E-state index in [0.717, 1.165) is 65.0 Å². The molecule has 3 fully saturated rings. The molecule has 0 spiro atoms. The summed E-state index contributed by atoms with van der Waals surface area (Å²) in [6, 6.07) is 10.6. The summed E-state index contributed by atoms with van der Waals surface area (Å²) in [6.45, 7) is 6.83. The smallest absolute Gasteiger partial charge is 0.225 e. The van der Waals surface area contributed by atoms with Gasteiger partial charge in [0, 0.05) is 37.1 Å². The second-order valence-corrected chi connectivity index (χ2v) is 9.05. The van der Waals surface area contributed by atoms with Gasteiger partial charge in [0.1, 0.15) is 0 Å². The maximum Gasteiger partial charge on any atom is 0.225 e. The average Bonchev–Trinajstić information content (AvgIpc) is 3.58. The van der Waals surface area contributed by atoms with Crippen molar-refractivity contribution in [2.75, 3.05) is 50.7 Å². The molecule has 0 unspecified atom stereocenters. The highest BCUT2D eigenvalue weighted by Gasteiger charge is 2.38. The van der Waals surface area contributed by atoms with Gasteiger partial charge in [0.25, 0.3) is 0 Å². The van der Waals surface area contributed by atoms with Crippen molar-refractivity contribution in [3.05, 3.63) is 30.3 Å². The highest BCUT2D eigenvalue weighted by molar-refractivity contribution is 5.81. The predicted octanol–water partition coefficient (Wildman–Crippen LogP) is -0.204. The number of carboxylic acid groups (broad SMARTS) is 1. The molecule has 1 aromatic carbocycles. The first-order valence-corrected chi connectivity index (χ1v) is 11.2. The molecule has 2 atom stereocenters. The Morgan fingerprint density at radius 1 is 1.00 bits per heavy atom. The average molecular weight is 400 g/mol. The monoisotopic (exact) mass is 399 g/mol. The fourth-order valence-corrected chi connectivity index (χ4v) is 5.04. The van der Waals surface area contributed by atoms with Gasteiger partial charge in [-0.2, -0.15) is 0 Å². The van der Waals surface area contributed by atoms with Crippen LogP contribution in [0.5, 0.6) is 0 Å². The fraction of sp³-hybridized carbons (Fsp3) is 0.652. The number of rotatable bonds is 7. The number of likely N-dealkylation sites (tertiary alicyclic amines) is 1. The molecular formula is C23H33N3O3. The summed E-state index contributed by atoms with van der Waals surface area (Å²) in [5.41, 5.74) is 1.29. The Morgan fingerprint density at radius 2 is 1.72 bits per heavy atom. The second-order valence-electron chi connectivity index (χ2n) is 9.05. The van der Waals surface area contributed by atoms with Gasteiger partial charge >= 0.3 is 0 Å². The molecule has 1 amide bonds. The third kappa shape index (κ3) is 5.30. The summed E-state index contributed by atoms with van der Waals surface area (Å²) < 4.78 is 0. The zero-order valence-corrected chi connectivity index (χ0v) is 17.2. The molecule has 1 aliphatic carbocycles. The number of piperidine rings is 1. The Bertz CT molecular complexity index is 699. The predicted molar refractivity (Wildman–Crippen MR) is 109 cm³/mol. The highest BCUT2D eigenvalue weighted by atomic mass is 16.4. The number of piperazine rings is 1. The third-order valence-corrected chi connectivity index (χ3v) is 7.02. The van der Waals surface area contributed by atoms with Gasteiger partial charge in [0.2, 0.25) is 5.91 Å². The molecule has 6 heteroatoms. The van der Waals surface area contributed by atoms with Gasteiger partial charge in [0.05, 0.1) is 32.7 Å². The van der Waals surface area contributed by atoms with Crippen LogP contribution in [0.15, 0.2) is 30.3 Å². The van der Waals surface area contributed by atoms with Crippen molar-refractivity contribution < 1.29 is 19.6 Å². The maximum absolute atomic E-state index is 12.5. The molecule has 29 heavy (non-hydrogen) atoms. The molecule has 2 heterocycles. The molecule has 1 saturated carbocycles. The van der Waals surface area contributed by atoms with E-state index in [1.165, 1.54) is 5.69 Å². The molecule has 0 aromatic heterocycles. The van der Waals surface area contributed by atoms with E-state index in [1.54, 1.807) is 4.90 Å². The Hall–Kier alpha value is -2.08. The minimum atomic E-state index is -0.953. The second kappa shape index (κ2) is 9.16. The van der Waals surface area contributed by atoms with E-state index in [-0.39, 0.29) is 24.2 Å². The molecule has 0 bridgehead atoms. The number of aliphatic carboxylic acids is 1. The van der Waals surface area contributed by atoms with Gasteiger partial charge in [-0.1, -0.05) is 18.2 Å². The molecule has 2 saturated heterocycles. The molecule has 4 rings (SSSR count). The highest BCUT2D eigenvalue weighted by Crippen LogP contribution is 2.35. The van der Waals surface area contributed by atoms with Crippen LogP contribution in [0.1, 0.15) is 32.1 Å². The first-order valence-electron chi connectivity index (χ1n) is 11.2. The quantitative estimate of drug-likeness (QED) is 0.689. The number of carboxylic acids is 1. The lowest BCUT2D eigenvalue weighted by Crippen LogP contribution is -3.15. The summed E-state index contributed by atoms with van der Waals surface area (Å²) in [7, 11) is 0. The Kier molecular flexibility index (Phi) is 6.38. The van der Waals surface area contributed by atoms with Gasteiger partial charge < -0.3 is 24.6 Å². The molecule has 6 nitrogen and oxygen atoms in total. The molecular weight excluding hydrogens is 366 g/mol. The number of hydrogen-bond donors (Lipinski definition) is 1. The van der Waals surface area contributed by atoms with Crippen LogP contribution in [0.3, 0.4) is 0 Å². The van der Waals surface area contributed by atoms with E-state index in [2.05, 4.69) is 35.2 Å². The van der Waals surface area contributed by atoms with Crippen LogP contribution in [0.25, 0.3) is 0 Å². The van der Waals surface area contributed by atoms with E-state index in [0.29, 0.717) is 12.5 Å². The van der Waals surface area contributed by atoms with Crippen molar-refractivity contribution in [1.82, 2.24) is 4.90 Å². The van der Waals surface area contributed by atoms with E-state index in [1.807, 2.05) is 4.90 Å². The van der Waals surface area contributed by atoms with Crippen molar-refractivity contribution in [1.29, 1.82) is 0 Å². The topological polar surface area (TPSA) is 68.1 Å². The first-order chi connectivity index (χ1) is 14.1. The van der Waals surface area contributed by atoms with Crippen LogP contribution >= 0.6 is 0 Å². The first kappa shape index (κ1) is 20.2. The van der Waals surface area contributed by atoms with E-state index < -0.39 is 5.97 Å². The summed E-state index contributed by atoms with van der Waals surface area (Å²) in [5.74, 6) is 0.0128. The minimum absolute atomic E-state index is 0.132. The number of carbonyl (C=O) groups excluding carboxylic acids is 2. The molecule has 1 N–H and O–H groups in total. The number of carbonyl (C=O) groups is 2. The van der Waals surface area contributed by atoms with E-state index >= 15 is 0 Å². The Morgan fingerprint density at radius 3 is 2.38 bits per heavy atom. The van der Waals surface area contributed by atoms with Crippen molar-refractivity contribution in [2.24, 2.45) is 17.8 Å². The number of nitrogens with zero attached hydrogens (tertiary/aromatic N) is 2. The number of para-hydroxylation sites is 1. The zero-order valence-electron chi connectivity index (χ0n) is 17.2. The molecule has 3 aliphatic rings. The van der Waals surface area contributed by atoms with Crippen LogP contribution < -0.4 is 14.9 Å². The molecule has 0 radical (unpaired) electrons. The van der Waals surface area contributed by atoms with Crippen molar-refractivity contribution in [3.8, 4) is 0 Å². The van der Waals surface area contributed by atoms with E-state index in [9.17, 15) is 14.7 Å². The van der Waals surface area contributed by atoms with Gasteiger partial charge in [-0.3, -0.25) is 4.79 Å². The van der Waals surface area contributed by atoms with Gasteiger partial charge in [-0.15, -0.1) is 0 Å². The maximum atomic E-state index is 12.5. The lowest BCUT2D eigenvalue weighted by atomic mass is 9.81. The zero-order chi connectivity index (χ0) is 20.2. The number of quaternary nitrogens is 1. The van der Waals surface area contributed by atoms with Crippen LogP contribution in [0, 0.1) is 17.8 Å². The van der Waals surface area contributed by atoms with Crippen molar-refractivity contribution in [2.45, 2.75) is 32.1 Å². The van der Waals surface area contributed by atoms with Crippen LogP contribution in [0.4, 0.5) is 5.69 Å². The fourth-order valence-electron chi connectivity index (χ4n) is 5.04. The van der Waals surface area contributed by atoms with Crippen LogP contribution in [0.2, 0.25) is 0 Å². The Labute approximate surface area is 173 Å². The number of anilines is 1. The number of nitrogens with one attached hydrogen (secondary N) is 1. The SMILES string of the molecule is O=C([O-])C[C@@H]1CCN(C(=O)C2CC2)C[C@@H]1CC[NH+]1CCN(c2ccccc2)CC1. The van der Waals surface area contributed by atoms with Gasteiger partial charge in [0.15, 0.2) is 0 Å². The number of hydrogen-bond acceptors (Lipinski definition) is 4. The third-order valence-electron chi connectivity index (χ3n) is 7.02. The van der Waals surface area contributed by atoms with Gasteiger partial charge in [-0.05, 0) is 49.7 Å². The Balaban J connectivity index is 1.28. The van der Waals surface area contributed by atoms with Crippen molar-refractivity contribution >= 4 is 17.6 Å². The number of amides is 1. The summed E-state index contributed by atoms with van der Waals surface area (Å²) in [5, 5.41) is 11.2. The molecule has 2 aliphatic heterocycles. The van der Waals surface area contributed by atoms with Gasteiger partial charge in [-0.25, -0.2) is 0 Å². The van der Waals surface area contributed by atoms with Crippen molar-refractivity contribution in [3.63, 3.8) is 0 Å². The van der Waals surface area contributed by atoms with E-state index in [4.69, 9.17) is 0 Å². The number of benzene rings is 1.